The zero-order valence-electron chi connectivity index (χ0n) is 12.6. The molecule has 1 aromatic carbocycles. The molecule has 1 aromatic rings. The highest BCUT2D eigenvalue weighted by molar-refractivity contribution is 6.30. The highest BCUT2D eigenvalue weighted by atomic mass is 35.5. The fourth-order valence-electron chi connectivity index (χ4n) is 4.52. The molecule has 2 aliphatic rings. The molecule has 0 aliphatic heterocycles. The Morgan fingerprint density at radius 2 is 1.57 bits per heavy atom. The van der Waals surface area contributed by atoms with Crippen LogP contribution < -0.4 is 0 Å². The molecule has 21 heavy (non-hydrogen) atoms. The molecule has 2 unspecified atom stereocenters. The van der Waals surface area contributed by atoms with E-state index in [1.54, 1.807) is 0 Å². The third-order valence-corrected chi connectivity index (χ3v) is 5.93. The third-order valence-electron chi connectivity index (χ3n) is 5.68. The third kappa shape index (κ3) is 3.43. The van der Waals surface area contributed by atoms with Crippen molar-refractivity contribution in [1.29, 1.82) is 5.26 Å². The molecule has 2 atom stereocenters. The second-order valence-corrected chi connectivity index (χ2v) is 7.28. The maximum atomic E-state index is 9.08. The van der Waals surface area contributed by atoms with Gasteiger partial charge in [0, 0.05) is 10.9 Å². The van der Waals surface area contributed by atoms with E-state index in [9.17, 15) is 0 Å². The molecule has 2 heteroatoms. The van der Waals surface area contributed by atoms with Gasteiger partial charge >= 0.3 is 0 Å². The lowest BCUT2D eigenvalue weighted by atomic mass is 9.65. The van der Waals surface area contributed by atoms with Crippen LogP contribution in [0.2, 0.25) is 5.02 Å². The molecule has 0 spiro atoms. The van der Waals surface area contributed by atoms with E-state index in [0.29, 0.717) is 11.8 Å². The van der Waals surface area contributed by atoms with Crippen molar-refractivity contribution in [2.45, 2.75) is 57.3 Å². The van der Waals surface area contributed by atoms with Gasteiger partial charge in [0.25, 0.3) is 0 Å². The summed E-state index contributed by atoms with van der Waals surface area (Å²) in [7, 11) is 0. The first kappa shape index (κ1) is 14.9. The van der Waals surface area contributed by atoms with Crippen molar-refractivity contribution in [3.05, 3.63) is 34.9 Å². The number of halogens is 1. The van der Waals surface area contributed by atoms with Crippen molar-refractivity contribution in [1.82, 2.24) is 0 Å². The first-order chi connectivity index (χ1) is 10.3. The fraction of sp³-hybridized carbons (Fsp3) is 0.632. The van der Waals surface area contributed by atoms with Crippen molar-refractivity contribution >= 4 is 11.6 Å². The molecule has 2 aliphatic carbocycles. The van der Waals surface area contributed by atoms with E-state index < -0.39 is 0 Å². The molecule has 0 radical (unpaired) electrons. The van der Waals surface area contributed by atoms with Gasteiger partial charge in [0.1, 0.15) is 0 Å². The lowest BCUT2D eigenvalue weighted by Crippen LogP contribution is -2.28. The van der Waals surface area contributed by atoms with E-state index in [2.05, 4.69) is 18.2 Å². The summed E-state index contributed by atoms with van der Waals surface area (Å²) in [6.45, 7) is 0. The van der Waals surface area contributed by atoms with Crippen LogP contribution in [0.5, 0.6) is 0 Å². The van der Waals surface area contributed by atoms with Gasteiger partial charge in [-0.1, -0.05) is 36.6 Å². The number of hydrogen-bond acceptors (Lipinski definition) is 1. The van der Waals surface area contributed by atoms with Crippen LogP contribution in [0.4, 0.5) is 0 Å². The molecule has 2 saturated carbocycles. The Labute approximate surface area is 133 Å². The Bertz CT molecular complexity index is 493. The summed E-state index contributed by atoms with van der Waals surface area (Å²) in [4.78, 5) is 0. The second kappa shape index (κ2) is 6.84. The number of nitriles is 1. The monoisotopic (exact) mass is 301 g/mol. The van der Waals surface area contributed by atoms with Crippen molar-refractivity contribution in [3.63, 3.8) is 0 Å². The SMILES string of the molecule is N#CC1CCC(C2CCCCC2c2ccc(Cl)cc2)CC1. The van der Waals surface area contributed by atoms with Gasteiger partial charge in [-0.3, -0.25) is 0 Å². The molecule has 0 amide bonds. The fourth-order valence-corrected chi connectivity index (χ4v) is 4.65. The minimum atomic E-state index is 0.318. The van der Waals surface area contributed by atoms with E-state index >= 15 is 0 Å². The molecule has 0 N–H and O–H groups in total. The van der Waals surface area contributed by atoms with E-state index in [-0.39, 0.29) is 0 Å². The molecule has 0 bridgehead atoms. The van der Waals surface area contributed by atoms with E-state index in [1.165, 1.54) is 44.1 Å². The summed E-state index contributed by atoms with van der Waals surface area (Å²) in [5, 5.41) is 9.92. The molecule has 3 rings (SSSR count). The van der Waals surface area contributed by atoms with Gasteiger partial charge < -0.3 is 0 Å². The van der Waals surface area contributed by atoms with Crippen molar-refractivity contribution in [2.75, 3.05) is 0 Å². The minimum Gasteiger partial charge on any atom is -0.198 e. The topological polar surface area (TPSA) is 23.8 Å². The summed E-state index contributed by atoms with van der Waals surface area (Å²) in [6.07, 6.45) is 10.2. The van der Waals surface area contributed by atoms with Gasteiger partial charge in [0.2, 0.25) is 0 Å². The summed E-state index contributed by atoms with van der Waals surface area (Å²) in [5.41, 5.74) is 1.48. The summed E-state index contributed by atoms with van der Waals surface area (Å²) >= 11 is 6.04. The molecule has 2 fully saturated rings. The summed E-state index contributed by atoms with van der Waals surface area (Å²) in [5.74, 6) is 2.67. The Hall–Kier alpha value is -1.00. The van der Waals surface area contributed by atoms with Crippen LogP contribution in [0.3, 0.4) is 0 Å². The van der Waals surface area contributed by atoms with Gasteiger partial charge in [-0.05, 0) is 74.0 Å². The Morgan fingerprint density at radius 1 is 0.905 bits per heavy atom. The van der Waals surface area contributed by atoms with Crippen molar-refractivity contribution < 1.29 is 0 Å². The standard InChI is InChI=1S/C19H24ClN/c20-17-11-9-16(10-12-17)19-4-2-1-3-18(19)15-7-5-14(13-21)6-8-15/h9-12,14-15,18-19H,1-8H2. The van der Waals surface area contributed by atoms with E-state index in [0.717, 1.165) is 29.7 Å². The first-order valence-electron chi connectivity index (χ1n) is 8.43. The Morgan fingerprint density at radius 3 is 2.24 bits per heavy atom. The number of hydrogen-bond donors (Lipinski definition) is 0. The van der Waals surface area contributed by atoms with Gasteiger partial charge in [-0.15, -0.1) is 0 Å². The number of nitrogens with zero attached hydrogens (tertiary/aromatic N) is 1. The average molecular weight is 302 g/mol. The van der Waals surface area contributed by atoms with E-state index in [4.69, 9.17) is 16.9 Å². The van der Waals surface area contributed by atoms with Crippen molar-refractivity contribution in [3.8, 4) is 6.07 Å². The van der Waals surface area contributed by atoms with Gasteiger partial charge in [-0.2, -0.15) is 5.26 Å². The number of rotatable bonds is 2. The van der Waals surface area contributed by atoms with Gasteiger partial charge in [0.05, 0.1) is 6.07 Å². The summed E-state index contributed by atoms with van der Waals surface area (Å²) < 4.78 is 0. The maximum absolute atomic E-state index is 9.08. The molecular formula is C19H24ClN. The predicted octanol–water partition coefficient (Wildman–Crippen LogP) is 5.94. The molecule has 0 heterocycles. The highest BCUT2D eigenvalue weighted by Crippen LogP contribution is 2.46. The molecule has 0 saturated heterocycles. The average Bonchev–Trinajstić information content (AvgIpc) is 2.56. The molecular weight excluding hydrogens is 278 g/mol. The van der Waals surface area contributed by atoms with Crippen LogP contribution in [-0.4, -0.2) is 0 Å². The van der Waals surface area contributed by atoms with Crippen LogP contribution in [0.15, 0.2) is 24.3 Å². The quantitative estimate of drug-likeness (QED) is 0.662. The maximum Gasteiger partial charge on any atom is 0.0655 e. The molecule has 1 nitrogen and oxygen atoms in total. The van der Waals surface area contributed by atoms with Crippen LogP contribution >= 0.6 is 11.6 Å². The van der Waals surface area contributed by atoms with Crippen molar-refractivity contribution in [2.24, 2.45) is 17.8 Å². The van der Waals surface area contributed by atoms with E-state index in [1.807, 2.05) is 12.1 Å². The zero-order chi connectivity index (χ0) is 14.7. The summed E-state index contributed by atoms with van der Waals surface area (Å²) in [6, 6.07) is 11.0. The number of benzene rings is 1. The van der Waals surface area contributed by atoms with Gasteiger partial charge in [-0.25, -0.2) is 0 Å². The normalized spacial score (nSPS) is 33.3. The first-order valence-corrected chi connectivity index (χ1v) is 8.81. The smallest absolute Gasteiger partial charge is 0.0655 e. The van der Waals surface area contributed by atoms with Crippen LogP contribution in [0.1, 0.15) is 62.8 Å². The lowest BCUT2D eigenvalue weighted by Gasteiger charge is -2.40. The van der Waals surface area contributed by atoms with Crippen LogP contribution in [0.25, 0.3) is 0 Å². The van der Waals surface area contributed by atoms with Gasteiger partial charge in [0.15, 0.2) is 0 Å². The Balaban J connectivity index is 1.73. The molecule has 0 aromatic heterocycles. The second-order valence-electron chi connectivity index (χ2n) is 6.85. The van der Waals surface area contributed by atoms with Crippen LogP contribution in [0, 0.1) is 29.1 Å². The highest BCUT2D eigenvalue weighted by Gasteiger charge is 2.34. The Kier molecular flexibility index (Phi) is 4.86. The lowest BCUT2D eigenvalue weighted by molar-refractivity contribution is 0.158. The minimum absolute atomic E-state index is 0.318. The molecule has 112 valence electrons. The van der Waals surface area contributed by atoms with Crippen LogP contribution in [-0.2, 0) is 0 Å². The predicted molar refractivity (Wildman–Crippen MR) is 87.2 cm³/mol. The zero-order valence-corrected chi connectivity index (χ0v) is 13.4. The largest absolute Gasteiger partial charge is 0.198 e.